The van der Waals surface area contributed by atoms with Gasteiger partial charge in [-0.15, -0.1) is 0 Å². The van der Waals surface area contributed by atoms with E-state index in [2.05, 4.69) is 37.8 Å². The fourth-order valence-corrected chi connectivity index (χ4v) is 6.34. The topological polar surface area (TPSA) is 70.1 Å². The first-order valence-corrected chi connectivity index (χ1v) is 17.2. The maximum Gasteiger partial charge on any atom is 0.330 e. The van der Waals surface area contributed by atoms with Crippen molar-refractivity contribution in [2.24, 2.45) is 5.92 Å². The van der Waals surface area contributed by atoms with E-state index in [-0.39, 0.29) is 22.6 Å². The van der Waals surface area contributed by atoms with Crippen LogP contribution in [0.25, 0.3) is 0 Å². The van der Waals surface area contributed by atoms with E-state index in [0.717, 1.165) is 36.0 Å². The van der Waals surface area contributed by atoms with Crippen molar-refractivity contribution in [2.75, 3.05) is 18.0 Å². The van der Waals surface area contributed by atoms with E-state index in [0.29, 0.717) is 31.8 Å². The third-order valence-electron chi connectivity index (χ3n) is 10.2. The number of anilines is 1. The molecular weight excluding hydrogens is 555 g/mol. The third-order valence-corrected chi connectivity index (χ3v) is 10.7. The van der Waals surface area contributed by atoms with Crippen LogP contribution in [0.4, 0.5) is 5.69 Å². The Bertz CT molecular complexity index is 1090. The molecule has 1 saturated heterocycles. The summed E-state index contributed by atoms with van der Waals surface area (Å²) in [5, 5.41) is 10.2. The molecule has 1 aliphatic carbocycles. The van der Waals surface area contributed by atoms with Crippen LogP contribution in [0.1, 0.15) is 132 Å². The minimum absolute atomic E-state index is 0.169. The summed E-state index contributed by atoms with van der Waals surface area (Å²) in [6, 6.07) is 6.44. The summed E-state index contributed by atoms with van der Waals surface area (Å²) in [6.07, 6.45) is 11.4. The Hall–Kier alpha value is -1.51. The number of fused-ring (bicyclic) bond motifs is 2. The molecule has 2 heterocycles. The third kappa shape index (κ3) is 8.02. The Morgan fingerprint density at radius 1 is 1.02 bits per heavy atom. The molecule has 1 aromatic carbocycles. The highest BCUT2D eigenvalue weighted by Crippen LogP contribution is 2.51. The molecule has 241 valence electrons. The summed E-state index contributed by atoms with van der Waals surface area (Å²) in [7, 11) is 1.78. The number of benzene rings is 1. The van der Waals surface area contributed by atoms with Crippen molar-refractivity contribution in [3.05, 3.63) is 23.8 Å². The molecule has 1 N–H and O–H groups in total. The van der Waals surface area contributed by atoms with Crippen LogP contribution in [0.15, 0.2) is 18.2 Å². The van der Waals surface area contributed by atoms with Gasteiger partial charge >= 0.3 is 7.48 Å². The Balaban J connectivity index is 0.000000646. The number of likely N-dealkylation sites (tertiary alicyclic amines) is 1. The fraction of sp³-hybridized carbons (Fsp3) is 0.771. The van der Waals surface area contributed by atoms with Crippen molar-refractivity contribution in [1.29, 1.82) is 0 Å². The number of carbonyl (C=O) groups is 2. The monoisotopic (exact) mass is 613 g/mol. The number of hydrogen-bond donors (Lipinski definition) is 2. The van der Waals surface area contributed by atoms with E-state index in [9.17, 15) is 14.7 Å². The van der Waals surface area contributed by atoms with Crippen LogP contribution in [-0.2, 0) is 19.7 Å². The quantitative estimate of drug-likeness (QED) is 0.168. The van der Waals surface area contributed by atoms with Gasteiger partial charge in [0, 0.05) is 29.6 Å². The first-order chi connectivity index (χ1) is 20.0. The highest BCUT2D eigenvalue weighted by atomic mass is 32.1. The SMILES string of the molecule is CCC1CC(N2C(=O)C3(CCN(C(=O)C(C)(C)O)CC3)c3ccc([B]OC(C)(C)C(C)(C)S)cc32)C1.CCCCCCC. The highest BCUT2D eigenvalue weighted by molar-refractivity contribution is 7.81. The molecule has 0 atom stereocenters. The van der Waals surface area contributed by atoms with E-state index in [1.165, 1.54) is 46.0 Å². The van der Waals surface area contributed by atoms with Gasteiger partial charge in [0.1, 0.15) is 5.60 Å². The zero-order valence-electron chi connectivity index (χ0n) is 28.5. The second kappa shape index (κ2) is 14.3. The van der Waals surface area contributed by atoms with Gasteiger partial charge in [0.2, 0.25) is 5.91 Å². The summed E-state index contributed by atoms with van der Waals surface area (Å²) < 4.78 is 5.84. The van der Waals surface area contributed by atoms with Gasteiger partial charge in [0.05, 0.1) is 11.0 Å². The van der Waals surface area contributed by atoms with Crippen LogP contribution in [-0.4, -0.2) is 64.4 Å². The molecule has 1 aromatic rings. The number of rotatable bonds is 11. The first-order valence-electron chi connectivity index (χ1n) is 16.8. The van der Waals surface area contributed by atoms with Crippen molar-refractivity contribution in [2.45, 2.75) is 154 Å². The number of hydrogen-bond acceptors (Lipinski definition) is 5. The number of thiol groups is 1. The lowest BCUT2D eigenvalue weighted by atomic mass is 9.72. The van der Waals surface area contributed by atoms with Crippen LogP contribution >= 0.6 is 12.6 Å². The Morgan fingerprint density at radius 2 is 1.60 bits per heavy atom. The van der Waals surface area contributed by atoms with Crippen LogP contribution in [0, 0.1) is 5.92 Å². The molecule has 0 bridgehead atoms. The predicted molar refractivity (Wildman–Crippen MR) is 183 cm³/mol. The molecule has 2 amide bonds. The van der Waals surface area contributed by atoms with E-state index in [1.54, 1.807) is 12.4 Å². The molecule has 1 radical (unpaired) electrons. The van der Waals surface area contributed by atoms with Crippen LogP contribution in [0.5, 0.6) is 0 Å². The number of unbranched alkanes of at least 4 members (excludes halogenated alkanes) is 4. The lowest BCUT2D eigenvalue weighted by Crippen LogP contribution is -2.56. The summed E-state index contributed by atoms with van der Waals surface area (Å²) in [5.74, 6) is 0.564. The van der Waals surface area contributed by atoms with Gasteiger partial charge < -0.3 is 19.6 Å². The summed E-state index contributed by atoms with van der Waals surface area (Å²) in [4.78, 5) is 30.6. The molecule has 0 unspecified atom stereocenters. The van der Waals surface area contributed by atoms with Gasteiger partial charge in [0.15, 0.2) is 0 Å². The van der Waals surface area contributed by atoms with E-state index >= 15 is 0 Å². The molecule has 8 heteroatoms. The van der Waals surface area contributed by atoms with Gasteiger partial charge in [0.25, 0.3) is 5.91 Å². The number of carbonyl (C=O) groups excluding carboxylic acids is 2. The van der Waals surface area contributed by atoms with Gasteiger partial charge in [-0.05, 0) is 84.8 Å². The minimum Gasteiger partial charge on any atom is -0.428 e. The van der Waals surface area contributed by atoms with Gasteiger partial charge in [-0.25, -0.2) is 0 Å². The summed E-state index contributed by atoms with van der Waals surface area (Å²) >= 11 is 4.70. The lowest BCUT2D eigenvalue weighted by Gasteiger charge is -2.43. The van der Waals surface area contributed by atoms with Gasteiger partial charge in [-0.1, -0.05) is 76.9 Å². The molecule has 43 heavy (non-hydrogen) atoms. The Labute approximate surface area is 268 Å². The Morgan fingerprint density at radius 3 is 2.09 bits per heavy atom. The van der Waals surface area contributed by atoms with Crippen LogP contribution < -0.4 is 10.4 Å². The lowest BCUT2D eigenvalue weighted by molar-refractivity contribution is -0.150. The number of piperidine rings is 1. The van der Waals surface area contributed by atoms with Gasteiger partial charge in [-0.2, -0.15) is 12.6 Å². The standard InChI is InChI=1S/C28H42BN2O4S.C7H16/c1-8-18-15-20(16-18)31-22-17-19(29-35-26(4,5)27(6,7)36)9-10-21(22)28(24(31)33)11-13-30(14-12-28)23(32)25(2,3)34;1-3-5-7-6-4-2/h9-10,17-18,20,34,36H,8,11-16H2,1-7H3;3-7H2,1-2H3. The molecule has 2 fully saturated rings. The molecular formula is C35H58BN2O4S. The number of aliphatic hydroxyl groups is 1. The minimum atomic E-state index is -1.41. The molecule has 6 nitrogen and oxygen atoms in total. The van der Waals surface area contributed by atoms with Crippen molar-refractivity contribution < 1.29 is 19.3 Å². The number of nitrogens with zero attached hydrogens (tertiary/aromatic N) is 2. The van der Waals surface area contributed by atoms with Crippen molar-refractivity contribution in [3.8, 4) is 0 Å². The van der Waals surface area contributed by atoms with Crippen molar-refractivity contribution in [1.82, 2.24) is 4.90 Å². The molecule has 3 aliphatic rings. The molecule has 1 saturated carbocycles. The highest BCUT2D eigenvalue weighted by Gasteiger charge is 2.55. The Kier molecular flexibility index (Phi) is 11.9. The maximum absolute atomic E-state index is 14.1. The fourth-order valence-electron chi connectivity index (χ4n) is 6.29. The normalized spacial score (nSPS) is 21.7. The maximum atomic E-state index is 14.1. The van der Waals surface area contributed by atoms with Crippen molar-refractivity contribution >= 4 is 43.1 Å². The second-order valence-electron chi connectivity index (χ2n) is 14.7. The smallest absolute Gasteiger partial charge is 0.330 e. The molecule has 2 aliphatic heterocycles. The van der Waals surface area contributed by atoms with Crippen LogP contribution in [0.3, 0.4) is 0 Å². The second-order valence-corrected chi connectivity index (χ2v) is 15.8. The summed E-state index contributed by atoms with van der Waals surface area (Å²) in [5.41, 5.74) is 0.476. The van der Waals surface area contributed by atoms with Crippen LogP contribution in [0.2, 0.25) is 0 Å². The van der Waals surface area contributed by atoms with E-state index < -0.39 is 16.6 Å². The molecule has 4 rings (SSSR count). The van der Waals surface area contributed by atoms with E-state index in [4.69, 9.17) is 17.3 Å². The molecule has 0 aromatic heterocycles. The summed E-state index contributed by atoms with van der Waals surface area (Å²) in [6.45, 7) is 18.8. The molecule has 1 spiro atoms. The van der Waals surface area contributed by atoms with E-state index in [1.807, 2.05) is 33.8 Å². The largest absolute Gasteiger partial charge is 0.428 e. The average molecular weight is 614 g/mol. The van der Waals surface area contributed by atoms with Gasteiger partial charge in [-0.3, -0.25) is 9.59 Å². The average Bonchev–Trinajstić information content (AvgIpc) is 3.13. The zero-order chi connectivity index (χ0) is 32.2. The first kappa shape index (κ1) is 36.0. The zero-order valence-corrected chi connectivity index (χ0v) is 29.4. The predicted octanol–water partition coefficient (Wildman–Crippen LogP) is 6.58. The number of amides is 2. The van der Waals surface area contributed by atoms with Crippen molar-refractivity contribution in [3.63, 3.8) is 0 Å².